The number of nitro groups is 1. The summed E-state index contributed by atoms with van der Waals surface area (Å²) in [5, 5.41) is 23.1. The van der Waals surface area contributed by atoms with Crippen molar-refractivity contribution < 1.29 is 33.7 Å². The maximum atomic E-state index is 12.8. The molecule has 2 atom stereocenters. The van der Waals surface area contributed by atoms with Crippen molar-refractivity contribution >= 4 is 63.2 Å². The summed E-state index contributed by atoms with van der Waals surface area (Å²) in [4.78, 5) is 67.4. The number of amides is 3. The first-order valence-electron chi connectivity index (χ1n) is 9.67. The van der Waals surface area contributed by atoms with Crippen molar-refractivity contribution in [3.63, 3.8) is 0 Å². The highest BCUT2D eigenvalue weighted by molar-refractivity contribution is 7.14. The number of non-ortho nitro benzene ring substituents is 1. The normalized spacial score (nSPS) is 17.0. The molecule has 2 aromatic rings. The van der Waals surface area contributed by atoms with Crippen LogP contribution in [0.4, 0.5) is 10.8 Å². The Balaban J connectivity index is 1.62. The fourth-order valence-electron chi connectivity index (χ4n) is 2.78. The number of rotatable bonds is 10. The van der Waals surface area contributed by atoms with Gasteiger partial charge in [0.2, 0.25) is 11.8 Å². The van der Waals surface area contributed by atoms with Crippen molar-refractivity contribution in [2.45, 2.75) is 18.7 Å². The number of esters is 1. The summed E-state index contributed by atoms with van der Waals surface area (Å²) in [6.45, 7) is -0.199. The Labute approximate surface area is 205 Å². The van der Waals surface area contributed by atoms with Gasteiger partial charge in [-0.15, -0.1) is 22.9 Å². The summed E-state index contributed by atoms with van der Waals surface area (Å²) in [5.74, 6) is -3.09. The van der Waals surface area contributed by atoms with Gasteiger partial charge in [-0.1, -0.05) is 5.16 Å². The van der Waals surface area contributed by atoms with Gasteiger partial charge in [0.1, 0.15) is 31.3 Å². The van der Waals surface area contributed by atoms with Crippen LogP contribution in [0, 0.1) is 10.1 Å². The Morgan fingerprint density at radius 2 is 2.03 bits per heavy atom. The second-order valence-electron chi connectivity index (χ2n) is 6.81. The van der Waals surface area contributed by atoms with Crippen LogP contribution in [-0.4, -0.2) is 64.4 Å². The Hall–Kier alpha value is -4.11. The molecule has 0 radical (unpaired) electrons. The minimum absolute atomic E-state index is 0.0521. The van der Waals surface area contributed by atoms with Crippen LogP contribution < -0.4 is 16.0 Å². The number of anilines is 1. The van der Waals surface area contributed by atoms with Crippen LogP contribution in [0.2, 0.25) is 0 Å². The highest BCUT2D eigenvalue weighted by atomic mass is 35.5. The molecule has 184 valence electrons. The van der Waals surface area contributed by atoms with Gasteiger partial charge in [-0.2, -0.15) is 0 Å². The number of nitro benzene ring substituents is 1. The van der Waals surface area contributed by atoms with Crippen molar-refractivity contribution in [1.29, 1.82) is 0 Å². The van der Waals surface area contributed by atoms with E-state index < -0.39 is 40.7 Å². The zero-order valence-electron chi connectivity index (χ0n) is 17.8. The first kappa shape index (κ1) is 25.5. The predicted octanol–water partition coefficient (Wildman–Crippen LogP) is 0.306. The van der Waals surface area contributed by atoms with Gasteiger partial charge in [0.25, 0.3) is 11.6 Å². The number of β-lactam (4-membered cyclic amide) rings is 1. The quantitative estimate of drug-likeness (QED) is 0.0979. The standard InChI is InChI=1S/C19H17ClN6O8S/c1-33-25-13(11-8-35-19(21-11)22-12(27)6-20)16(28)23-14-15(24-17(14)29)18(30)34-7-9-2-4-10(5-3-9)26(31)32/h2-5,8,14-15H,6-7H2,1H3,(H,23,28)(H,24,29)(H,21,22,27)/b25-13-. The lowest BCUT2D eigenvalue weighted by molar-refractivity contribution is -0.384. The number of halogens is 1. The number of aromatic nitrogens is 1. The highest BCUT2D eigenvalue weighted by Crippen LogP contribution is 2.18. The molecule has 14 nitrogen and oxygen atoms in total. The van der Waals surface area contributed by atoms with Gasteiger partial charge in [-0.25, -0.2) is 9.78 Å². The summed E-state index contributed by atoms with van der Waals surface area (Å²) in [5.41, 5.74) is 0.130. The number of hydrogen-bond donors (Lipinski definition) is 3. The van der Waals surface area contributed by atoms with Gasteiger partial charge in [0.15, 0.2) is 16.9 Å². The van der Waals surface area contributed by atoms with Gasteiger partial charge >= 0.3 is 5.97 Å². The number of benzene rings is 1. The molecule has 0 aliphatic carbocycles. The number of nitrogens with one attached hydrogen (secondary N) is 3. The Bertz CT molecular complexity index is 1180. The predicted molar refractivity (Wildman–Crippen MR) is 122 cm³/mol. The molecule has 1 fully saturated rings. The second-order valence-corrected chi connectivity index (χ2v) is 7.94. The molecule has 1 aromatic carbocycles. The third kappa shape index (κ3) is 6.27. The summed E-state index contributed by atoms with van der Waals surface area (Å²) in [6, 6.07) is 2.97. The molecule has 0 bridgehead atoms. The Morgan fingerprint density at radius 3 is 2.63 bits per heavy atom. The number of carbonyl (C=O) groups is 4. The molecule has 3 N–H and O–H groups in total. The number of nitrogens with zero attached hydrogens (tertiary/aromatic N) is 3. The van der Waals surface area contributed by atoms with Crippen molar-refractivity contribution in [3.8, 4) is 0 Å². The molecule has 1 aliphatic heterocycles. The molecule has 16 heteroatoms. The fraction of sp³-hybridized carbons (Fsp3) is 0.263. The maximum Gasteiger partial charge on any atom is 0.331 e. The van der Waals surface area contributed by atoms with Gasteiger partial charge in [0, 0.05) is 17.5 Å². The Morgan fingerprint density at radius 1 is 1.31 bits per heavy atom. The number of oxime groups is 1. The molecule has 35 heavy (non-hydrogen) atoms. The van der Waals surface area contributed by atoms with E-state index in [1.165, 1.54) is 36.8 Å². The minimum Gasteiger partial charge on any atom is -0.459 e. The molecule has 3 rings (SSSR count). The monoisotopic (exact) mass is 524 g/mol. The van der Waals surface area contributed by atoms with E-state index in [9.17, 15) is 29.3 Å². The van der Waals surface area contributed by atoms with Gasteiger partial charge in [-0.3, -0.25) is 24.5 Å². The smallest absolute Gasteiger partial charge is 0.331 e. The van der Waals surface area contributed by atoms with Crippen LogP contribution in [0.5, 0.6) is 0 Å². The van der Waals surface area contributed by atoms with E-state index in [2.05, 4.69) is 30.9 Å². The van der Waals surface area contributed by atoms with Crippen LogP contribution in [-0.2, 0) is 35.4 Å². The second kappa shape index (κ2) is 11.3. The van der Waals surface area contributed by atoms with E-state index >= 15 is 0 Å². The molecule has 1 aliphatic rings. The fourth-order valence-corrected chi connectivity index (χ4v) is 3.56. The van der Waals surface area contributed by atoms with Crippen LogP contribution in [0.25, 0.3) is 0 Å². The van der Waals surface area contributed by atoms with E-state index in [0.29, 0.717) is 5.56 Å². The average molecular weight is 525 g/mol. The van der Waals surface area contributed by atoms with Crippen molar-refractivity contribution in [2.24, 2.45) is 5.16 Å². The van der Waals surface area contributed by atoms with E-state index in [0.717, 1.165) is 11.3 Å². The molecule has 0 saturated carbocycles. The van der Waals surface area contributed by atoms with Crippen LogP contribution in [0.15, 0.2) is 34.8 Å². The number of carbonyl (C=O) groups excluding carboxylic acids is 4. The molecular weight excluding hydrogens is 508 g/mol. The van der Waals surface area contributed by atoms with E-state index in [1.807, 2.05) is 0 Å². The molecular formula is C19H17ClN6O8S. The van der Waals surface area contributed by atoms with Crippen LogP contribution >= 0.6 is 22.9 Å². The number of thiazole rings is 1. The van der Waals surface area contributed by atoms with Crippen LogP contribution in [0.3, 0.4) is 0 Å². The van der Waals surface area contributed by atoms with Crippen molar-refractivity contribution in [2.75, 3.05) is 18.3 Å². The third-order valence-corrected chi connectivity index (χ3v) is 5.49. The minimum atomic E-state index is -1.25. The number of hydrogen-bond acceptors (Lipinski definition) is 11. The molecule has 3 amide bonds. The number of alkyl halides is 1. The lowest BCUT2D eigenvalue weighted by Gasteiger charge is -2.35. The van der Waals surface area contributed by atoms with Crippen molar-refractivity contribution in [1.82, 2.24) is 15.6 Å². The Kier molecular flexibility index (Phi) is 8.27. The molecule has 2 unspecified atom stereocenters. The topological polar surface area (TPSA) is 191 Å². The third-order valence-electron chi connectivity index (χ3n) is 4.49. The van der Waals surface area contributed by atoms with E-state index in [4.69, 9.17) is 16.3 Å². The van der Waals surface area contributed by atoms with E-state index in [1.54, 1.807) is 0 Å². The zero-order valence-corrected chi connectivity index (χ0v) is 19.4. The van der Waals surface area contributed by atoms with Crippen LogP contribution in [0.1, 0.15) is 11.3 Å². The SMILES string of the molecule is CO/N=C(\C(=O)NC1C(=O)NC1C(=O)OCc1ccc([N+](=O)[O-])cc1)c1csc(NC(=O)CCl)n1. The van der Waals surface area contributed by atoms with E-state index in [-0.39, 0.29) is 34.7 Å². The average Bonchev–Trinajstić information content (AvgIpc) is 3.30. The van der Waals surface area contributed by atoms with Gasteiger partial charge in [-0.05, 0) is 17.7 Å². The summed E-state index contributed by atoms with van der Waals surface area (Å²) in [6.07, 6.45) is 0. The largest absolute Gasteiger partial charge is 0.459 e. The zero-order chi connectivity index (χ0) is 25.5. The molecule has 2 heterocycles. The summed E-state index contributed by atoms with van der Waals surface area (Å²) < 4.78 is 5.14. The first-order chi connectivity index (χ1) is 16.7. The summed E-state index contributed by atoms with van der Waals surface area (Å²) in [7, 11) is 1.20. The first-order valence-corrected chi connectivity index (χ1v) is 11.1. The molecule has 1 saturated heterocycles. The maximum absolute atomic E-state index is 12.8. The van der Waals surface area contributed by atoms with Gasteiger partial charge in [0.05, 0.1) is 4.92 Å². The lowest BCUT2D eigenvalue weighted by Crippen LogP contribution is -2.72. The van der Waals surface area contributed by atoms with Gasteiger partial charge < -0.3 is 25.5 Å². The summed E-state index contributed by atoms with van der Waals surface area (Å²) >= 11 is 6.44. The molecule has 1 aromatic heterocycles. The highest BCUT2D eigenvalue weighted by Gasteiger charge is 2.46. The molecule has 0 spiro atoms. The number of ether oxygens (including phenoxy) is 1. The van der Waals surface area contributed by atoms with Crippen molar-refractivity contribution in [3.05, 3.63) is 51.0 Å². The lowest BCUT2D eigenvalue weighted by atomic mass is 9.98.